The van der Waals surface area contributed by atoms with E-state index in [0.717, 1.165) is 23.5 Å². The van der Waals surface area contributed by atoms with Gasteiger partial charge >= 0.3 is 0 Å². The Hall–Kier alpha value is -2.05. The van der Waals surface area contributed by atoms with Crippen LogP contribution in [0.15, 0.2) is 52.5 Å². The number of rotatable bonds is 5. The van der Waals surface area contributed by atoms with Crippen LogP contribution in [0.3, 0.4) is 0 Å². The van der Waals surface area contributed by atoms with Crippen molar-refractivity contribution in [1.29, 1.82) is 0 Å². The van der Waals surface area contributed by atoms with Crippen LogP contribution in [0.4, 0.5) is 0 Å². The lowest BCUT2D eigenvalue weighted by molar-refractivity contribution is 0.640. The van der Waals surface area contributed by atoms with Crippen LogP contribution in [0.5, 0.6) is 0 Å². The zero-order valence-electron chi connectivity index (χ0n) is 13.4. The Balaban J connectivity index is 1.88. The zero-order valence-corrected chi connectivity index (χ0v) is 15.0. The molecule has 3 aromatic rings. The number of benzene rings is 1. The summed E-state index contributed by atoms with van der Waals surface area (Å²) in [4.78, 5) is 15.6. The van der Waals surface area contributed by atoms with Crippen molar-refractivity contribution in [3.05, 3.63) is 69.4 Å². The molecule has 0 amide bonds. The fraction of sp³-hybridized carbons (Fsp3) is 0.235. The summed E-state index contributed by atoms with van der Waals surface area (Å²) >= 11 is 8.02. The van der Waals surface area contributed by atoms with E-state index in [9.17, 15) is 4.79 Å². The third-order valence-corrected chi connectivity index (χ3v) is 5.06. The molecule has 0 bridgehead atoms. The molecule has 0 fully saturated rings. The predicted octanol–water partition coefficient (Wildman–Crippen LogP) is 3.70. The number of aryl methyl sites for hydroxylation is 2. The second-order valence-corrected chi connectivity index (χ2v) is 6.53. The minimum absolute atomic E-state index is 0.231. The molecule has 0 aliphatic heterocycles. The van der Waals surface area contributed by atoms with Crippen LogP contribution in [-0.4, -0.2) is 19.3 Å². The molecule has 5 nitrogen and oxygen atoms in total. The summed E-state index contributed by atoms with van der Waals surface area (Å²) in [5.74, 6) is 0.605. The van der Waals surface area contributed by atoms with Crippen molar-refractivity contribution < 1.29 is 0 Å². The smallest absolute Gasteiger partial charge is 0.273 e. The minimum atomic E-state index is -0.231. The summed E-state index contributed by atoms with van der Waals surface area (Å²) in [5.41, 5.74) is 2.51. The highest BCUT2D eigenvalue weighted by Gasteiger charge is 2.15. The summed E-state index contributed by atoms with van der Waals surface area (Å²) in [5, 5.41) is 5.81. The first-order valence-electron chi connectivity index (χ1n) is 7.60. The van der Waals surface area contributed by atoms with Crippen LogP contribution in [0.2, 0.25) is 5.15 Å². The van der Waals surface area contributed by atoms with E-state index in [1.807, 2.05) is 48.7 Å². The Bertz CT molecular complexity index is 905. The molecule has 3 rings (SSSR count). The second kappa shape index (κ2) is 7.23. The Morgan fingerprint density at radius 3 is 2.67 bits per heavy atom. The lowest BCUT2D eigenvalue weighted by atomic mass is 10.3. The van der Waals surface area contributed by atoms with Crippen molar-refractivity contribution >= 4 is 23.4 Å². The van der Waals surface area contributed by atoms with E-state index in [1.165, 1.54) is 17.8 Å². The van der Waals surface area contributed by atoms with E-state index in [1.54, 1.807) is 10.9 Å². The molecule has 0 radical (unpaired) electrons. The number of halogens is 1. The van der Waals surface area contributed by atoms with Gasteiger partial charge in [0.2, 0.25) is 0 Å². The van der Waals surface area contributed by atoms with E-state index in [4.69, 9.17) is 11.6 Å². The summed E-state index contributed by atoms with van der Waals surface area (Å²) in [6.07, 6.45) is 1.76. The summed E-state index contributed by atoms with van der Waals surface area (Å²) < 4.78 is 3.68. The van der Waals surface area contributed by atoms with E-state index in [-0.39, 0.29) is 5.56 Å². The van der Waals surface area contributed by atoms with Crippen molar-refractivity contribution in [3.63, 3.8) is 0 Å². The average Bonchev–Trinajstić information content (AvgIpc) is 2.88. The molecule has 0 atom stereocenters. The third kappa shape index (κ3) is 3.39. The maximum atomic E-state index is 11.5. The van der Waals surface area contributed by atoms with Crippen LogP contribution < -0.4 is 5.56 Å². The Morgan fingerprint density at radius 2 is 1.96 bits per heavy atom. The van der Waals surface area contributed by atoms with E-state index < -0.39 is 0 Å². The first kappa shape index (κ1) is 16.8. The molecule has 124 valence electrons. The summed E-state index contributed by atoms with van der Waals surface area (Å²) in [6.45, 7) is 4.71. The molecular formula is C17H17ClN4OS. The van der Waals surface area contributed by atoms with E-state index in [2.05, 4.69) is 10.1 Å². The molecule has 0 unspecified atom stereocenters. The normalized spacial score (nSPS) is 11.0. The van der Waals surface area contributed by atoms with Crippen molar-refractivity contribution in [2.75, 3.05) is 0 Å². The number of hydrogen-bond acceptors (Lipinski definition) is 4. The largest absolute Gasteiger partial charge is 0.328 e. The van der Waals surface area contributed by atoms with Gasteiger partial charge in [-0.25, -0.2) is 4.68 Å². The molecule has 2 aromatic heterocycles. The molecule has 1 aromatic carbocycles. The first-order valence-corrected chi connectivity index (χ1v) is 8.96. The molecular weight excluding hydrogens is 344 g/mol. The number of para-hydroxylation sites is 1. The maximum Gasteiger partial charge on any atom is 0.273 e. The summed E-state index contributed by atoms with van der Waals surface area (Å²) in [6, 6.07) is 11.2. The quantitative estimate of drug-likeness (QED) is 0.514. The van der Waals surface area contributed by atoms with E-state index in [0.29, 0.717) is 16.1 Å². The Morgan fingerprint density at radius 1 is 1.21 bits per heavy atom. The van der Waals surface area contributed by atoms with Crippen molar-refractivity contribution in [1.82, 2.24) is 19.3 Å². The molecule has 0 aliphatic carbocycles. The van der Waals surface area contributed by atoms with Crippen LogP contribution in [0.1, 0.15) is 18.2 Å². The standard InChI is InChI=1S/C17H17ClN4OS/c1-3-21-10-9-15(23)19-17(21)24-11-14-12(2)20-22(16(14)18)13-7-5-4-6-8-13/h4-10H,3,11H2,1-2H3. The lowest BCUT2D eigenvalue weighted by Gasteiger charge is -2.08. The zero-order chi connectivity index (χ0) is 17.1. The van der Waals surface area contributed by atoms with Crippen LogP contribution in [0.25, 0.3) is 5.69 Å². The Kier molecular flexibility index (Phi) is 5.06. The van der Waals surface area contributed by atoms with Crippen molar-refractivity contribution in [3.8, 4) is 5.69 Å². The third-order valence-electron chi connectivity index (χ3n) is 3.66. The lowest BCUT2D eigenvalue weighted by Crippen LogP contribution is -2.12. The topological polar surface area (TPSA) is 52.7 Å². The number of hydrogen-bond donors (Lipinski definition) is 0. The van der Waals surface area contributed by atoms with Gasteiger partial charge in [-0.3, -0.25) is 4.79 Å². The minimum Gasteiger partial charge on any atom is -0.328 e. The van der Waals surface area contributed by atoms with Gasteiger partial charge in [-0.15, -0.1) is 0 Å². The van der Waals surface area contributed by atoms with Gasteiger partial charge in [0.1, 0.15) is 5.15 Å². The number of aromatic nitrogens is 4. The first-order chi connectivity index (χ1) is 11.6. The molecule has 0 aliphatic rings. The fourth-order valence-electron chi connectivity index (χ4n) is 2.34. The predicted molar refractivity (Wildman–Crippen MR) is 97.0 cm³/mol. The molecule has 2 heterocycles. The van der Waals surface area contributed by atoms with Crippen LogP contribution in [-0.2, 0) is 12.3 Å². The van der Waals surface area contributed by atoms with Crippen LogP contribution >= 0.6 is 23.4 Å². The van der Waals surface area contributed by atoms with Gasteiger partial charge < -0.3 is 4.57 Å². The number of thioether (sulfide) groups is 1. The molecule has 7 heteroatoms. The van der Waals surface area contributed by atoms with Gasteiger partial charge in [0.25, 0.3) is 5.56 Å². The Labute approximate surface area is 149 Å². The van der Waals surface area contributed by atoms with Crippen molar-refractivity contribution in [2.24, 2.45) is 0 Å². The monoisotopic (exact) mass is 360 g/mol. The van der Waals surface area contributed by atoms with Gasteiger partial charge in [0.15, 0.2) is 5.16 Å². The SMILES string of the molecule is CCn1ccc(=O)nc1SCc1c(C)nn(-c2ccccc2)c1Cl. The molecule has 0 saturated heterocycles. The number of nitrogens with zero attached hydrogens (tertiary/aromatic N) is 4. The molecule has 0 spiro atoms. The van der Waals surface area contributed by atoms with Crippen LogP contribution in [0, 0.1) is 6.92 Å². The van der Waals surface area contributed by atoms with Crippen molar-refractivity contribution in [2.45, 2.75) is 31.3 Å². The molecule has 0 saturated carbocycles. The van der Waals surface area contributed by atoms with Gasteiger partial charge in [-0.05, 0) is 26.0 Å². The summed E-state index contributed by atoms with van der Waals surface area (Å²) in [7, 11) is 0. The molecule has 24 heavy (non-hydrogen) atoms. The van der Waals surface area contributed by atoms with Gasteiger partial charge in [0.05, 0.1) is 11.4 Å². The highest BCUT2D eigenvalue weighted by atomic mass is 35.5. The van der Waals surface area contributed by atoms with E-state index >= 15 is 0 Å². The fourth-order valence-corrected chi connectivity index (χ4v) is 3.89. The molecule has 0 N–H and O–H groups in total. The highest BCUT2D eigenvalue weighted by Crippen LogP contribution is 2.29. The van der Waals surface area contributed by atoms with Gasteiger partial charge in [-0.2, -0.15) is 10.1 Å². The average molecular weight is 361 g/mol. The second-order valence-electron chi connectivity index (χ2n) is 5.23. The van der Waals surface area contributed by atoms with Gasteiger partial charge in [-0.1, -0.05) is 41.6 Å². The van der Waals surface area contributed by atoms with Gasteiger partial charge in [0, 0.05) is 30.1 Å². The highest BCUT2D eigenvalue weighted by molar-refractivity contribution is 7.98. The maximum absolute atomic E-state index is 11.5.